The van der Waals surface area contributed by atoms with Crippen molar-refractivity contribution in [3.8, 4) is 17.2 Å². The predicted octanol–water partition coefficient (Wildman–Crippen LogP) is 2.01. The molecule has 0 fully saturated rings. The molecule has 0 saturated carbocycles. The molecule has 0 spiro atoms. The van der Waals surface area contributed by atoms with E-state index >= 15 is 0 Å². The standard InChI is InChI=1S/C18H22N2O5S/c1-20(2)16(13-4-9-17-18(10-13)25-12-24-17)11-19-26(21,22)15-7-5-14(23-3)6-8-15/h4-10,16,19H,11-12H2,1-3H3/t16-/m0/s1. The number of benzene rings is 2. The van der Waals surface area contributed by atoms with Gasteiger partial charge >= 0.3 is 0 Å². The van der Waals surface area contributed by atoms with E-state index in [1.54, 1.807) is 12.1 Å². The summed E-state index contributed by atoms with van der Waals surface area (Å²) in [5.74, 6) is 1.98. The third kappa shape index (κ3) is 3.92. The molecular weight excluding hydrogens is 356 g/mol. The summed E-state index contributed by atoms with van der Waals surface area (Å²) in [5, 5.41) is 0. The van der Waals surface area contributed by atoms with Crippen molar-refractivity contribution in [3.05, 3.63) is 48.0 Å². The van der Waals surface area contributed by atoms with Crippen molar-refractivity contribution in [3.63, 3.8) is 0 Å². The Labute approximate surface area is 153 Å². The van der Waals surface area contributed by atoms with Gasteiger partial charge in [-0.1, -0.05) is 6.07 Å². The smallest absolute Gasteiger partial charge is 0.240 e. The minimum atomic E-state index is -3.62. The summed E-state index contributed by atoms with van der Waals surface area (Å²) in [4.78, 5) is 2.15. The number of rotatable bonds is 7. The average molecular weight is 378 g/mol. The predicted molar refractivity (Wildman–Crippen MR) is 97.2 cm³/mol. The normalized spacial score (nSPS) is 14.5. The molecule has 0 radical (unpaired) electrons. The van der Waals surface area contributed by atoms with E-state index in [0.717, 1.165) is 5.56 Å². The summed E-state index contributed by atoms with van der Waals surface area (Å²) < 4.78 is 43.6. The molecule has 1 atom stereocenters. The van der Waals surface area contributed by atoms with Crippen LogP contribution in [-0.2, 0) is 10.0 Å². The second-order valence-electron chi connectivity index (χ2n) is 6.12. The van der Waals surface area contributed by atoms with Gasteiger partial charge in [0.1, 0.15) is 5.75 Å². The molecule has 3 rings (SSSR count). The highest BCUT2D eigenvalue weighted by Gasteiger charge is 2.22. The van der Waals surface area contributed by atoms with E-state index in [1.807, 2.05) is 37.2 Å². The van der Waals surface area contributed by atoms with E-state index in [9.17, 15) is 8.42 Å². The van der Waals surface area contributed by atoms with Crippen molar-refractivity contribution >= 4 is 10.0 Å². The van der Waals surface area contributed by atoms with Crippen molar-refractivity contribution in [2.45, 2.75) is 10.9 Å². The molecule has 0 saturated heterocycles. The molecule has 1 N–H and O–H groups in total. The van der Waals surface area contributed by atoms with Gasteiger partial charge in [0.2, 0.25) is 16.8 Å². The van der Waals surface area contributed by atoms with E-state index in [-0.39, 0.29) is 24.3 Å². The highest BCUT2D eigenvalue weighted by atomic mass is 32.2. The molecular formula is C18H22N2O5S. The first kappa shape index (κ1) is 18.5. The van der Waals surface area contributed by atoms with Crippen molar-refractivity contribution in [1.82, 2.24) is 9.62 Å². The molecule has 0 bridgehead atoms. The molecule has 1 heterocycles. The van der Waals surface area contributed by atoms with Crippen LogP contribution in [0.25, 0.3) is 0 Å². The summed E-state index contributed by atoms with van der Waals surface area (Å²) in [6.07, 6.45) is 0. The second kappa shape index (κ2) is 7.53. The lowest BCUT2D eigenvalue weighted by Gasteiger charge is -2.25. The van der Waals surface area contributed by atoms with Gasteiger partial charge in [0.15, 0.2) is 11.5 Å². The molecule has 2 aromatic rings. The Morgan fingerprint density at radius 3 is 2.46 bits per heavy atom. The van der Waals surface area contributed by atoms with Crippen LogP contribution < -0.4 is 18.9 Å². The largest absolute Gasteiger partial charge is 0.497 e. The van der Waals surface area contributed by atoms with E-state index in [2.05, 4.69) is 4.72 Å². The third-order valence-electron chi connectivity index (χ3n) is 4.24. The first-order valence-electron chi connectivity index (χ1n) is 8.10. The Hall–Kier alpha value is -2.29. The molecule has 0 unspecified atom stereocenters. The lowest BCUT2D eigenvalue weighted by molar-refractivity contribution is 0.174. The lowest BCUT2D eigenvalue weighted by atomic mass is 10.1. The van der Waals surface area contributed by atoms with Gasteiger partial charge in [0.05, 0.1) is 12.0 Å². The van der Waals surface area contributed by atoms with Crippen molar-refractivity contribution < 1.29 is 22.6 Å². The number of hydrogen-bond acceptors (Lipinski definition) is 6. The number of likely N-dealkylation sites (N-methyl/N-ethyl adjacent to an activating group) is 1. The molecule has 26 heavy (non-hydrogen) atoms. The average Bonchev–Trinajstić information content (AvgIpc) is 3.09. The van der Waals surface area contributed by atoms with Crippen LogP contribution in [0.3, 0.4) is 0 Å². The van der Waals surface area contributed by atoms with Crippen LogP contribution in [0.2, 0.25) is 0 Å². The van der Waals surface area contributed by atoms with E-state index in [4.69, 9.17) is 14.2 Å². The number of methoxy groups -OCH3 is 1. The number of sulfonamides is 1. The van der Waals surface area contributed by atoms with Gasteiger partial charge in [0, 0.05) is 12.6 Å². The van der Waals surface area contributed by atoms with Crippen molar-refractivity contribution in [1.29, 1.82) is 0 Å². The Balaban J connectivity index is 1.76. The van der Waals surface area contributed by atoms with Gasteiger partial charge in [-0.3, -0.25) is 0 Å². The third-order valence-corrected chi connectivity index (χ3v) is 5.68. The Morgan fingerprint density at radius 1 is 1.12 bits per heavy atom. The number of ether oxygens (including phenoxy) is 3. The van der Waals surface area contributed by atoms with Gasteiger partial charge in [-0.05, 0) is 56.1 Å². The van der Waals surface area contributed by atoms with Crippen LogP contribution in [0.1, 0.15) is 11.6 Å². The zero-order valence-electron chi connectivity index (χ0n) is 14.9. The highest BCUT2D eigenvalue weighted by molar-refractivity contribution is 7.89. The van der Waals surface area contributed by atoms with Crippen molar-refractivity contribution in [2.75, 3.05) is 34.5 Å². The van der Waals surface area contributed by atoms with Gasteiger partial charge in [-0.2, -0.15) is 0 Å². The first-order valence-corrected chi connectivity index (χ1v) is 9.59. The number of nitrogens with zero attached hydrogens (tertiary/aromatic N) is 1. The number of fused-ring (bicyclic) bond motifs is 1. The summed E-state index contributed by atoms with van der Waals surface area (Å²) in [6, 6.07) is 11.8. The zero-order valence-corrected chi connectivity index (χ0v) is 15.7. The van der Waals surface area contributed by atoms with Crippen LogP contribution in [0.5, 0.6) is 17.2 Å². The molecule has 0 aromatic heterocycles. The number of hydrogen-bond donors (Lipinski definition) is 1. The minimum Gasteiger partial charge on any atom is -0.497 e. The lowest BCUT2D eigenvalue weighted by Crippen LogP contribution is -2.34. The zero-order chi connectivity index (χ0) is 18.7. The monoisotopic (exact) mass is 378 g/mol. The molecule has 1 aliphatic heterocycles. The quantitative estimate of drug-likeness (QED) is 0.794. The van der Waals surface area contributed by atoms with E-state index < -0.39 is 10.0 Å². The van der Waals surface area contributed by atoms with E-state index in [1.165, 1.54) is 19.2 Å². The second-order valence-corrected chi connectivity index (χ2v) is 7.89. The summed E-state index contributed by atoms with van der Waals surface area (Å²) >= 11 is 0. The topological polar surface area (TPSA) is 77.1 Å². The SMILES string of the molecule is COc1ccc(S(=O)(=O)NC[C@@H](c2ccc3c(c2)OCO3)N(C)C)cc1. The fraction of sp³-hybridized carbons (Fsp3) is 0.333. The van der Waals surface area contributed by atoms with Crippen LogP contribution in [0.4, 0.5) is 0 Å². The Morgan fingerprint density at radius 2 is 1.81 bits per heavy atom. The minimum absolute atomic E-state index is 0.155. The molecule has 1 aliphatic rings. The molecule has 140 valence electrons. The molecule has 7 nitrogen and oxygen atoms in total. The molecule has 0 aliphatic carbocycles. The van der Waals surface area contributed by atoms with Crippen LogP contribution in [0.15, 0.2) is 47.4 Å². The molecule has 2 aromatic carbocycles. The summed E-state index contributed by atoms with van der Waals surface area (Å²) in [5.41, 5.74) is 0.941. The first-order chi connectivity index (χ1) is 12.4. The maximum absolute atomic E-state index is 12.6. The maximum atomic E-state index is 12.6. The molecule has 0 amide bonds. The van der Waals surface area contributed by atoms with E-state index in [0.29, 0.717) is 17.2 Å². The van der Waals surface area contributed by atoms with Gasteiger partial charge < -0.3 is 19.1 Å². The van der Waals surface area contributed by atoms with Crippen LogP contribution in [-0.4, -0.2) is 47.9 Å². The Bertz CT molecular complexity index is 866. The summed E-state index contributed by atoms with van der Waals surface area (Å²) in [7, 11) is 1.71. The maximum Gasteiger partial charge on any atom is 0.240 e. The van der Waals surface area contributed by atoms with Crippen molar-refractivity contribution in [2.24, 2.45) is 0 Å². The highest BCUT2D eigenvalue weighted by Crippen LogP contribution is 2.35. The fourth-order valence-corrected chi connectivity index (χ4v) is 3.78. The van der Waals surface area contributed by atoms with Gasteiger partial charge in [-0.25, -0.2) is 13.1 Å². The molecule has 8 heteroatoms. The van der Waals surface area contributed by atoms with Gasteiger partial charge in [0.25, 0.3) is 0 Å². The fourth-order valence-electron chi connectivity index (χ4n) is 2.75. The van der Waals surface area contributed by atoms with Crippen LogP contribution >= 0.6 is 0 Å². The Kier molecular flexibility index (Phi) is 5.36. The number of nitrogens with one attached hydrogen (secondary N) is 1. The van der Waals surface area contributed by atoms with Crippen LogP contribution in [0, 0.1) is 0 Å². The van der Waals surface area contributed by atoms with Gasteiger partial charge in [-0.15, -0.1) is 0 Å². The summed E-state index contributed by atoms with van der Waals surface area (Å²) in [6.45, 7) is 0.427.